The molecule has 0 heterocycles. The Balaban J connectivity index is 0. The van der Waals surface area contributed by atoms with Crippen LogP contribution in [0.2, 0.25) is 0 Å². The lowest BCUT2D eigenvalue weighted by molar-refractivity contribution is -0.0854. The first kappa shape index (κ1) is 41.6. The molecule has 0 spiro atoms. The summed E-state index contributed by atoms with van der Waals surface area (Å²) in [7, 11) is 1.66. The van der Waals surface area contributed by atoms with Crippen molar-refractivity contribution in [2.24, 2.45) is 0 Å². The van der Waals surface area contributed by atoms with E-state index in [1.807, 2.05) is 27.7 Å². The van der Waals surface area contributed by atoms with Gasteiger partial charge in [-0.3, -0.25) is 0 Å². The first-order valence-corrected chi connectivity index (χ1v) is 14.1. The molecule has 0 saturated heterocycles. The van der Waals surface area contributed by atoms with Gasteiger partial charge in [0, 0.05) is 7.11 Å². The highest BCUT2D eigenvalue weighted by molar-refractivity contribution is 4.56. The van der Waals surface area contributed by atoms with Crippen molar-refractivity contribution in [3.8, 4) is 0 Å². The quantitative estimate of drug-likeness (QED) is 0.0984. The van der Waals surface area contributed by atoms with Gasteiger partial charge in [-0.1, -0.05) is 0 Å². The minimum absolute atomic E-state index is 0.00935. The predicted molar refractivity (Wildman–Crippen MR) is 149 cm³/mol. The van der Waals surface area contributed by atoms with Crippen LogP contribution in [0.1, 0.15) is 27.7 Å². The molecule has 0 rings (SSSR count). The van der Waals surface area contributed by atoms with Gasteiger partial charge in [-0.2, -0.15) is 0 Å². The largest absolute Gasteiger partial charge is 0.394 e. The second-order valence-electron chi connectivity index (χ2n) is 8.78. The summed E-state index contributed by atoms with van der Waals surface area (Å²) in [5.74, 6) is 0. The van der Waals surface area contributed by atoms with E-state index in [2.05, 4.69) is 0 Å². The van der Waals surface area contributed by atoms with E-state index in [1.165, 1.54) is 0 Å². The fourth-order valence-electron chi connectivity index (χ4n) is 2.45. The Morgan fingerprint density at radius 2 is 0.675 bits per heavy atom. The number of methoxy groups -OCH3 is 1. The highest BCUT2D eigenvalue weighted by Gasteiger charge is 2.10. The molecular weight excluding hydrogens is 532 g/mol. The smallest absolute Gasteiger partial charge is 0.0781 e. The summed E-state index contributed by atoms with van der Waals surface area (Å²) in [6, 6.07) is 0. The monoisotopic (exact) mass is 590 g/mol. The maximum absolute atomic E-state index is 8.81. The molecule has 0 aromatic rings. The third-order valence-corrected chi connectivity index (χ3v) is 4.84. The fraction of sp³-hybridized carbons (Fsp3) is 1.00. The molecule has 0 bridgehead atoms. The summed E-state index contributed by atoms with van der Waals surface area (Å²) < 4.78 is 52.8. The van der Waals surface area contributed by atoms with Crippen molar-refractivity contribution in [1.29, 1.82) is 0 Å². The SMILES string of the molecule is COC(C)COC(C)COC(C)COC(C)CO.OCCOCCOCCOCCOCCOCCOCCO. The minimum atomic E-state index is -0.146. The van der Waals surface area contributed by atoms with Crippen LogP contribution in [0.4, 0.5) is 0 Å². The third kappa shape index (κ3) is 35.5. The van der Waals surface area contributed by atoms with Crippen molar-refractivity contribution in [2.45, 2.75) is 52.1 Å². The first-order valence-electron chi connectivity index (χ1n) is 14.1. The highest BCUT2D eigenvalue weighted by Crippen LogP contribution is 2.01. The van der Waals surface area contributed by atoms with Crippen LogP contribution >= 0.6 is 0 Å². The lowest BCUT2D eigenvalue weighted by atomic mass is 10.3. The number of aliphatic hydroxyl groups excluding tert-OH is 3. The maximum atomic E-state index is 8.81. The minimum Gasteiger partial charge on any atom is -0.394 e. The van der Waals surface area contributed by atoms with Crippen LogP contribution in [0.5, 0.6) is 0 Å². The molecule has 13 nitrogen and oxygen atoms in total. The Morgan fingerprint density at radius 1 is 0.400 bits per heavy atom. The molecule has 4 unspecified atom stereocenters. The number of hydrogen-bond donors (Lipinski definition) is 3. The second kappa shape index (κ2) is 34.7. The topological polar surface area (TPSA) is 153 Å². The molecule has 0 aliphatic carbocycles. The Labute approximate surface area is 241 Å². The lowest BCUT2D eigenvalue weighted by Gasteiger charge is -2.20. The van der Waals surface area contributed by atoms with Crippen LogP contribution in [-0.4, -0.2) is 166 Å². The van der Waals surface area contributed by atoms with Crippen LogP contribution in [-0.2, 0) is 47.4 Å². The normalized spacial score (nSPS) is 14.4. The average molecular weight is 591 g/mol. The molecule has 13 heteroatoms. The van der Waals surface area contributed by atoms with E-state index in [1.54, 1.807) is 7.11 Å². The van der Waals surface area contributed by atoms with Gasteiger partial charge < -0.3 is 62.7 Å². The zero-order chi connectivity index (χ0) is 30.1. The van der Waals surface area contributed by atoms with E-state index in [9.17, 15) is 0 Å². The summed E-state index contributed by atoms with van der Waals surface area (Å²) in [6.45, 7) is 15.1. The highest BCUT2D eigenvalue weighted by atomic mass is 16.6. The molecule has 40 heavy (non-hydrogen) atoms. The summed E-state index contributed by atoms with van der Waals surface area (Å²) in [4.78, 5) is 0. The van der Waals surface area contributed by atoms with Crippen molar-refractivity contribution < 1.29 is 62.7 Å². The van der Waals surface area contributed by atoms with E-state index >= 15 is 0 Å². The molecule has 0 aromatic heterocycles. The molecule has 4 atom stereocenters. The molecule has 0 radical (unpaired) electrons. The van der Waals surface area contributed by atoms with Gasteiger partial charge in [0.25, 0.3) is 0 Å². The Morgan fingerprint density at radius 3 is 0.950 bits per heavy atom. The van der Waals surface area contributed by atoms with Gasteiger partial charge in [0.2, 0.25) is 0 Å². The maximum Gasteiger partial charge on any atom is 0.0781 e. The van der Waals surface area contributed by atoms with Gasteiger partial charge in [0.05, 0.1) is 143 Å². The van der Waals surface area contributed by atoms with Gasteiger partial charge in [-0.15, -0.1) is 0 Å². The Bertz CT molecular complexity index is 422. The molecule has 0 aromatic carbocycles. The number of rotatable bonds is 30. The first-order chi connectivity index (χ1) is 19.4. The van der Waals surface area contributed by atoms with Gasteiger partial charge in [-0.05, 0) is 27.7 Å². The van der Waals surface area contributed by atoms with Gasteiger partial charge in [0.1, 0.15) is 0 Å². The molecule has 244 valence electrons. The van der Waals surface area contributed by atoms with E-state index in [0.29, 0.717) is 99.1 Å². The fourth-order valence-corrected chi connectivity index (χ4v) is 2.45. The summed E-state index contributed by atoms with van der Waals surface area (Å²) in [5, 5.41) is 25.8. The molecule has 3 N–H and O–H groups in total. The third-order valence-electron chi connectivity index (χ3n) is 4.84. The number of aliphatic hydroxyl groups is 3. The van der Waals surface area contributed by atoms with Crippen molar-refractivity contribution in [2.75, 3.05) is 126 Å². The molecule has 0 aliphatic rings. The van der Waals surface area contributed by atoms with Gasteiger partial charge >= 0.3 is 0 Å². The van der Waals surface area contributed by atoms with Crippen molar-refractivity contribution in [1.82, 2.24) is 0 Å². The van der Waals surface area contributed by atoms with E-state index in [4.69, 9.17) is 62.7 Å². The Hall–Kier alpha value is -0.520. The standard InChI is InChI=1S/C14H30O8.C13H28O5/c15-1-3-17-5-7-19-9-11-21-13-14-22-12-10-20-8-6-18-4-2-16;1-10(6-14)16-8-12(3)18-9-13(4)17-7-11(2)15-5/h15-16H,1-14H2;10-14H,6-9H2,1-5H3. The zero-order valence-corrected chi connectivity index (χ0v) is 25.5. The molecule has 0 aliphatic heterocycles. The molecule has 0 fully saturated rings. The van der Waals surface area contributed by atoms with Gasteiger partial charge in [0.15, 0.2) is 0 Å². The molecular formula is C27H58O13. The van der Waals surface area contributed by atoms with Crippen molar-refractivity contribution in [3.63, 3.8) is 0 Å². The number of hydrogen-bond acceptors (Lipinski definition) is 13. The number of ether oxygens (including phenoxy) is 10. The molecule has 0 saturated carbocycles. The van der Waals surface area contributed by atoms with Crippen LogP contribution in [0.15, 0.2) is 0 Å². The predicted octanol–water partition coefficient (Wildman–Crippen LogP) is 0.300. The van der Waals surface area contributed by atoms with Gasteiger partial charge in [-0.25, -0.2) is 0 Å². The van der Waals surface area contributed by atoms with E-state index < -0.39 is 0 Å². The van der Waals surface area contributed by atoms with Crippen LogP contribution in [0.25, 0.3) is 0 Å². The zero-order valence-electron chi connectivity index (χ0n) is 25.5. The average Bonchev–Trinajstić information content (AvgIpc) is 2.97. The van der Waals surface area contributed by atoms with Crippen molar-refractivity contribution >= 4 is 0 Å². The molecule has 0 amide bonds. The van der Waals surface area contributed by atoms with E-state index in [0.717, 1.165) is 0 Å². The summed E-state index contributed by atoms with van der Waals surface area (Å²) in [6.07, 6.45) is -0.0314. The Kier molecular flexibility index (Phi) is 36.1. The van der Waals surface area contributed by atoms with Crippen LogP contribution in [0.3, 0.4) is 0 Å². The van der Waals surface area contributed by atoms with Crippen LogP contribution in [0, 0.1) is 0 Å². The summed E-state index contributed by atoms with van der Waals surface area (Å²) >= 11 is 0. The lowest BCUT2D eigenvalue weighted by Crippen LogP contribution is -2.27. The van der Waals surface area contributed by atoms with Crippen molar-refractivity contribution in [3.05, 3.63) is 0 Å². The summed E-state index contributed by atoms with van der Waals surface area (Å²) in [5.41, 5.74) is 0. The van der Waals surface area contributed by atoms with E-state index in [-0.39, 0.29) is 44.2 Å². The van der Waals surface area contributed by atoms with Crippen LogP contribution < -0.4 is 0 Å². The second-order valence-corrected chi connectivity index (χ2v) is 8.78.